The van der Waals surface area contributed by atoms with Crippen LogP contribution in [0.15, 0.2) is 70.6 Å². The zero-order valence-electron chi connectivity index (χ0n) is 17.2. The Morgan fingerprint density at radius 3 is 2.20 bits per heavy atom. The minimum Gasteiger partial charge on any atom is -0.321 e. The fourth-order valence-electron chi connectivity index (χ4n) is 5.30. The largest absolute Gasteiger partial charge is 0.321 e. The minimum absolute atomic E-state index is 0.492. The van der Waals surface area contributed by atoms with Gasteiger partial charge in [0.1, 0.15) is 11.7 Å². The Kier molecular flexibility index (Phi) is 4.29. The van der Waals surface area contributed by atoms with E-state index in [1.807, 2.05) is 6.34 Å². The lowest BCUT2D eigenvalue weighted by molar-refractivity contribution is 0.358. The monoisotopic (exact) mass is 394 g/mol. The standard InChI is InChI=1S/C26H26N4/c1-4-10-19(11-5-1)22-23-25-27-16-17-29(25)18-28-26(23)30(21-14-8-3-9-15-21)24(22)20-12-6-2-7-13-20/h1-2,4-7,10-13,18,21H,3,8-9,14-17H2. The van der Waals surface area contributed by atoms with E-state index in [0.717, 1.165) is 24.7 Å². The SMILES string of the molecule is C1=Nc2c(c(-c3ccccc3)c(-c3ccccc3)n2C2CCCCC2)C2=NCCN12. The molecule has 4 nitrogen and oxygen atoms in total. The van der Waals surface area contributed by atoms with Crippen LogP contribution >= 0.6 is 0 Å². The first-order valence-corrected chi connectivity index (χ1v) is 11.2. The molecule has 1 aliphatic carbocycles. The highest BCUT2D eigenvalue weighted by molar-refractivity contribution is 6.17. The molecule has 4 heteroatoms. The molecule has 0 spiro atoms. The lowest BCUT2D eigenvalue weighted by Crippen LogP contribution is -2.29. The molecule has 0 N–H and O–H groups in total. The van der Waals surface area contributed by atoms with Crippen molar-refractivity contribution in [2.45, 2.75) is 38.1 Å². The van der Waals surface area contributed by atoms with Gasteiger partial charge in [-0.25, -0.2) is 4.99 Å². The Bertz CT molecular complexity index is 1120. The van der Waals surface area contributed by atoms with E-state index >= 15 is 0 Å². The maximum absolute atomic E-state index is 5.03. The van der Waals surface area contributed by atoms with Gasteiger partial charge in [0, 0.05) is 18.2 Å². The minimum atomic E-state index is 0.492. The number of aliphatic imine (C=N–C) groups is 2. The third-order valence-electron chi connectivity index (χ3n) is 6.65. The van der Waals surface area contributed by atoms with E-state index in [9.17, 15) is 0 Å². The van der Waals surface area contributed by atoms with Crippen molar-refractivity contribution in [1.82, 2.24) is 9.47 Å². The van der Waals surface area contributed by atoms with Crippen LogP contribution in [0.5, 0.6) is 0 Å². The summed E-state index contributed by atoms with van der Waals surface area (Å²) in [7, 11) is 0. The summed E-state index contributed by atoms with van der Waals surface area (Å²) in [4.78, 5) is 12.2. The number of nitrogens with zero attached hydrogens (tertiary/aromatic N) is 4. The van der Waals surface area contributed by atoms with Crippen LogP contribution in [0.25, 0.3) is 22.4 Å². The van der Waals surface area contributed by atoms with E-state index in [4.69, 9.17) is 9.98 Å². The van der Waals surface area contributed by atoms with E-state index in [2.05, 4.69) is 70.1 Å². The molecule has 1 saturated carbocycles. The first kappa shape index (κ1) is 17.7. The van der Waals surface area contributed by atoms with Crippen LogP contribution in [0.4, 0.5) is 5.82 Å². The normalized spacial score (nSPS) is 18.3. The Balaban J connectivity index is 1.70. The second kappa shape index (κ2) is 7.28. The van der Waals surface area contributed by atoms with Gasteiger partial charge in [0.25, 0.3) is 0 Å². The zero-order valence-corrected chi connectivity index (χ0v) is 17.2. The van der Waals surface area contributed by atoms with Gasteiger partial charge in [0.2, 0.25) is 0 Å². The summed E-state index contributed by atoms with van der Waals surface area (Å²) >= 11 is 0. The summed E-state index contributed by atoms with van der Waals surface area (Å²) in [5.74, 6) is 2.18. The predicted octanol–water partition coefficient (Wildman–Crippen LogP) is 6.06. The van der Waals surface area contributed by atoms with E-state index in [-0.39, 0.29) is 0 Å². The molecule has 0 bridgehead atoms. The lowest BCUT2D eigenvalue weighted by atomic mass is 9.94. The van der Waals surface area contributed by atoms with Gasteiger partial charge in [-0.1, -0.05) is 79.9 Å². The molecule has 0 amide bonds. The summed E-state index contributed by atoms with van der Waals surface area (Å²) in [6, 6.07) is 22.2. The number of fused-ring (bicyclic) bond motifs is 3. The maximum atomic E-state index is 5.03. The molecular formula is C26H26N4. The van der Waals surface area contributed by atoms with Crippen molar-refractivity contribution in [3.63, 3.8) is 0 Å². The van der Waals surface area contributed by atoms with Crippen molar-refractivity contribution in [2.75, 3.05) is 13.1 Å². The molecule has 0 unspecified atom stereocenters. The molecular weight excluding hydrogens is 368 g/mol. The molecule has 3 aromatic rings. The Labute approximate surface area is 177 Å². The van der Waals surface area contributed by atoms with Gasteiger partial charge in [0.15, 0.2) is 0 Å². The highest BCUT2D eigenvalue weighted by Crippen LogP contribution is 2.48. The number of hydrogen-bond donors (Lipinski definition) is 0. The molecule has 0 saturated heterocycles. The van der Waals surface area contributed by atoms with Gasteiger partial charge < -0.3 is 9.47 Å². The number of rotatable bonds is 3. The van der Waals surface area contributed by atoms with Gasteiger partial charge in [0.05, 0.1) is 24.1 Å². The van der Waals surface area contributed by atoms with Gasteiger partial charge in [-0.2, -0.15) is 0 Å². The van der Waals surface area contributed by atoms with E-state index in [1.165, 1.54) is 60.1 Å². The molecule has 150 valence electrons. The second-order valence-corrected chi connectivity index (χ2v) is 8.46. The van der Waals surface area contributed by atoms with Crippen molar-refractivity contribution < 1.29 is 0 Å². The van der Waals surface area contributed by atoms with Crippen molar-refractivity contribution in [2.24, 2.45) is 9.98 Å². The van der Waals surface area contributed by atoms with Crippen LogP contribution in [-0.4, -0.2) is 34.7 Å². The Morgan fingerprint density at radius 1 is 0.767 bits per heavy atom. The summed E-state index contributed by atoms with van der Waals surface area (Å²) in [5.41, 5.74) is 6.30. The van der Waals surface area contributed by atoms with Crippen molar-refractivity contribution in [3.8, 4) is 22.4 Å². The molecule has 0 atom stereocenters. The van der Waals surface area contributed by atoms with E-state index in [0.29, 0.717) is 6.04 Å². The highest BCUT2D eigenvalue weighted by Gasteiger charge is 2.35. The first-order valence-electron chi connectivity index (χ1n) is 11.2. The summed E-state index contributed by atoms with van der Waals surface area (Å²) < 4.78 is 2.56. The third-order valence-corrected chi connectivity index (χ3v) is 6.65. The molecule has 1 fully saturated rings. The van der Waals surface area contributed by atoms with Crippen LogP contribution in [0.2, 0.25) is 0 Å². The first-order chi connectivity index (χ1) is 14.9. The van der Waals surface area contributed by atoms with Crippen molar-refractivity contribution in [1.29, 1.82) is 0 Å². The van der Waals surface area contributed by atoms with E-state index in [1.54, 1.807) is 0 Å². The van der Waals surface area contributed by atoms with Gasteiger partial charge in [-0.3, -0.25) is 4.99 Å². The smallest absolute Gasteiger partial charge is 0.146 e. The van der Waals surface area contributed by atoms with Crippen LogP contribution in [0, 0.1) is 0 Å². The second-order valence-electron chi connectivity index (χ2n) is 8.46. The molecule has 30 heavy (non-hydrogen) atoms. The van der Waals surface area contributed by atoms with Crippen molar-refractivity contribution in [3.05, 3.63) is 66.2 Å². The molecule has 3 heterocycles. The average molecular weight is 395 g/mol. The third kappa shape index (κ3) is 2.74. The highest BCUT2D eigenvalue weighted by atomic mass is 15.3. The fraction of sp³-hybridized carbons (Fsp3) is 0.308. The zero-order chi connectivity index (χ0) is 19.9. The molecule has 3 aliphatic rings. The summed E-state index contributed by atoms with van der Waals surface area (Å²) in [5, 5.41) is 0. The van der Waals surface area contributed by atoms with Gasteiger partial charge in [-0.15, -0.1) is 0 Å². The lowest BCUT2D eigenvalue weighted by Gasteiger charge is -2.28. The summed E-state index contributed by atoms with van der Waals surface area (Å²) in [6.07, 6.45) is 8.38. The number of benzene rings is 2. The van der Waals surface area contributed by atoms with Gasteiger partial charge >= 0.3 is 0 Å². The quantitative estimate of drug-likeness (QED) is 0.531. The molecule has 2 aliphatic heterocycles. The fourth-order valence-corrected chi connectivity index (χ4v) is 5.30. The average Bonchev–Trinajstić information content (AvgIpc) is 3.43. The number of hydrogen-bond acceptors (Lipinski definition) is 3. The van der Waals surface area contributed by atoms with Crippen LogP contribution in [0.1, 0.15) is 43.7 Å². The van der Waals surface area contributed by atoms with E-state index < -0.39 is 0 Å². The Morgan fingerprint density at radius 2 is 1.47 bits per heavy atom. The molecule has 0 radical (unpaired) electrons. The molecule has 1 aromatic heterocycles. The Hall–Kier alpha value is -3.14. The summed E-state index contributed by atoms with van der Waals surface area (Å²) in [6.45, 7) is 1.76. The number of aromatic nitrogens is 1. The molecule has 6 rings (SSSR count). The number of amidine groups is 1. The molecule has 2 aromatic carbocycles. The van der Waals surface area contributed by atoms with Crippen LogP contribution in [0.3, 0.4) is 0 Å². The van der Waals surface area contributed by atoms with Crippen LogP contribution in [-0.2, 0) is 0 Å². The van der Waals surface area contributed by atoms with Crippen LogP contribution < -0.4 is 0 Å². The van der Waals surface area contributed by atoms with Crippen molar-refractivity contribution >= 4 is 18.0 Å². The van der Waals surface area contributed by atoms with Gasteiger partial charge in [-0.05, 0) is 24.0 Å². The predicted molar refractivity (Wildman–Crippen MR) is 124 cm³/mol. The maximum Gasteiger partial charge on any atom is 0.146 e. The topological polar surface area (TPSA) is 32.9 Å².